The van der Waals surface area contributed by atoms with E-state index in [9.17, 15) is 18.0 Å². The Labute approximate surface area is 173 Å². The van der Waals surface area contributed by atoms with Crippen LogP contribution in [0, 0.1) is 0 Å². The van der Waals surface area contributed by atoms with Gasteiger partial charge in [-0.05, 0) is 41.0 Å². The molecule has 166 valence electrons. The van der Waals surface area contributed by atoms with Crippen LogP contribution in [0.5, 0.6) is 0 Å². The van der Waals surface area contributed by atoms with Crippen LogP contribution < -0.4 is 10.6 Å². The summed E-state index contributed by atoms with van der Waals surface area (Å²) in [7, 11) is 1.68. The summed E-state index contributed by atoms with van der Waals surface area (Å²) in [6, 6.07) is -0.0754. The number of amides is 1. The zero-order chi connectivity index (χ0) is 22.2. The van der Waals surface area contributed by atoms with Crippen molar-refractivity contribution in [3.63, 3.8) is 0 Å². The summed E-state index contributed by atoms with van der Waals surface area (Å²) < 4.78 is 43.2. The summed E-state index contributed by atoms with van der Waals surface area (Å²) in [5.41, 5.74) is -1.46. The van der Waals surface area contributed by atoms with Gasteiger partial charge in [-0.2, -0.15) is 13.2 Å². The summed E-state index contributed by atoms with van der Waals surface area (Å²) in [4.78, 5) is 21.5. The van der Waals surface area contributed by atoms with Gasteiger partial charge in [0.05, 0.1) is 6.54 Å². The van der Waals surface area contributed by atoms with Crippen LogP contribution in [0.4, 0.5) is 18.0 Å². The Morgan fingerprint density at radius 3 is 2.52 bits per heavy atom. The van der Waals surface area contributed by atoms with Gasteiger partial charge in [0.1, 0.15) is 10.6 Å². The number of alkyl halides is 3. The number of aromatic nitrogens is 1. The molecule has 1 aromatic heterocycles. The van der Waals surface area contributed by atoms with Gasteiger partial charge in [-0.3, -0.25) is 0 Å². The molecule has 0 aliphatic rings. The number of thiazole rings is 1. The Morgan fingerprint density at radius 1 is 1.34 bits per heavy atom. The Kier molecular flexibility index (Phi) is 9.18. The van der Waals surface area contributed by atoms with E-state index in [0.29, 0.717) is 25.5 Å². The van der Waals surface area contributed by atoms with Crippen molar-refractivity contribution in [2.24, 2.45) is 4.99 Å². The highest BCUT2D eigenvalue weighted by molar-refractivity contribution is 7.09. The number of rotatable bonds is 7. The first-order valence-corrected chi connectivity index (χ1v) is 10.2. The lowest BCUT2D eigenvalue weighted by Gasteiger charge is -2.28. The van der Waals surface area contributed by atoms with E-state index in [1.807, 2.05) is 34.6 Å². The molecule has 11 heteroatoms. The van der Waals surface area contributed by atoms with E-state index >= 15 is 0 Å². The van der Waals surface area contributed by atoms with Crippen LogP contribution in [-0.4, -0.2) is 53.7 Å². The molecule has 0 saturated carbocycles. The van der Waals surface area contributed by atoms with Gasteiger partial charge < -0.3 is 20.3 Å². The van der Waals surface area contributed by atoms with Crippen LogP contribution in [0.3, 0.4) is 0 Å². The second kappa shape index (κ2) is 10.7. The minimum absolute atomic E-state index is 0.0451. The molecule has 7 nitrogen and oxygen atoms in total. The Morgan fingerprint density at radius 2 is 2.00 bits per heavy atom. The standard InChI is InChI=1S/C18H30F3N5O2S/c1-7-22-15(24-10-14-25-13(11-29-14)18(19,20)21)23-9-8-12(2)26(6)16(27)28-17(3,4)5/h11-12H,7-10H2,1-6H3,(H2,22,23,24). The van der Waals surface area contributed by atoms with E-state index in [1.54, 1.807) is 7.05 Å². The number of nitrogens with one attached hydrogen (secondary N) is 2. The van der Waals surface area contributed by atoms with Gasteiger partial charge in [0.2, 0.25) is 0 Å². The molecule has 0 fully saturated rings. The summed E-state index contributed by atoms with van der Waals surface area (Å²) >= 11 is 0.925. The zero-order valence-electron chi connectivity index (χ0n) is 17.7. The van der Waals surface area contributed by atoms with E-state index in [2.05, 4.69) is 20.6 Å². The largest absolute Gasteiger partial charge is 0.444 e. The lowest BCUT2D eigenvalue weighted by molar-refractivity contribution is -0.140. The molecular weight excluding hydrogens is 407 g/mol. The van der Waals surface area contributed by atoms with Gasteiger partial charge in [0, 0.05) is 31.6 Å². The van der Waals surface area contributed by atoms with Gasteiger partial charge >= 0.3 is 12.3 Å². The normalized spacial score (nSPS) is 13.8. The first-order chi connectivity index (χ1) is 13.3. The third-order valence-electron chi connectivity index (χ3n) is 3.76. The van der Waals surface area contributed by atoms with Gasteiger partial charge in [-0.15, -0.1) is 11.3 Å². The molecule has 1 unspecified atom stereocenters. The maximum atomic E-state index is 12.6. The Bertz CT molecular complexity index is 686. The second-order valence-corrected chi connectivity index (χ2v) is 8.42. The highest BCUT2D eigenvalue weighted by atomic mass is 32.1. The summed E-state index contributed by atoms with van der Waals surface area (Å²) in [6.45, 7) is 10.4. The number of carbonyl (C=O) groups is 1. The molecule has 29 heavy (non-hydrogen) atoms. The molecular formula is C18H30F3N5O2S. The van der Waals surface area contributed by atoms with Crippen LogP contribution >= 0.6 is 11.3 Å². The number of carbonyl (C=O) groups excluding carboxylic acids is 1. The Balaban J connectivity index is 2.56. The SMILES string of the molecule is CCNC(=NCc1nc(C(F)(F)F)cs1)NCCC(C)N(C)C(=O)OC(C)(C)C. The molecule has 0 saturated heterocycles. The highest BCUT2D eigenvalue weighted by Gasteiger charge is 2.33. The van der Waals surface area contributed by atoms with Crippen LogP contribution in [0.25, 0.3) is 0 Å². The molecule has 1 rings (SSSR count). The van der Waals surface area contributed by atoms with Crippen molar-refractivity contribution < 1.29 is 22.7 Å². The lowest BCUT2D eigenvalue weighted by Crippen LogP contribution is -2.42. The lowest BCUT2D eigenvalue weighted by atomic mass is 10.2. The monoisotopic (exact) mass is 437 g/mol. The maximum Gasteiger partial charge on any atom is 0.434 e. The first-order valence-electron chi connectivity index (χ1n) is 9.33. The summed E-state index contributed by atoms with van der Waals surface area (Å²) in [6.07, 6.45) is -4.21. The third kappa shape index (κ3) is 9.33. The average Bonchev–Trinajstić information content (AvgIpc) is 3.06. The number of hydrogen-bond acceptors (Lipinski definition) is 5. The van der Waals surface area contributed by atoms with Crippen molar-refractivity contribution in [2.45, 2.75) is 65.4 Å². The van der Waals surface area contributed by atoms with E-state index in [0.717, 1.165) is 16.7 Å². The second-order valence-electron chi connectivity index (χ2n) is 7.48. The molecule has 1 aromatic rings. The van der Waals surface area contributed by atoms with E-state index < -0.39 is 23.6 Å². The fourth-order valence-corrected chi connectivity index (χ4v) is 2.83. The predicted molar refractivity (Wildman–Crippen MR) is 108 cm³/mol. The van der Waals surface area contributed by atoms with Crippen LogP contribution in [0.1, 0.15) is 51.7 Å². The third-order valence-corrected chi connectivity index (χ3v) is 4.59. The number of ether oxygens (including phenoxy) is 1. The summed E-state index contributed by atoms with van der Waals surface area (Å²) in [5, 5.41) is 7.42. The summed E-state index contributed by atoms with van der Waals surface area (Å²) in [5.74, 6) is 0.475. The quantitative estimate of drug-likeness (QED) is 0.500. The molecule has 0 bridgehead atoms. The average molecular weight is 438 g/mol. The van der Waals surface area contributed by atoms with E-state index in [1.165, 1.54) is 4.90 Å². The molecule has 0 aromatic carbocycles. The number of guanidine groups is 1. The molecule has 1 amide bonds. The van der Waals surface area contributed by atoms with Crippen molar-refractivity contribution in [2.75, 3.05) is 20.1 Å². The van der Waals surface area contributed by atoms with E-state index in [-0.39, 0.29) is 17.6 Å². The van der Waals surface area contributed by atoms with Crippen molar-refractivity contribution in [1.29, 1.82) is 0 Å². The molecule has 2 N–H and O–H groups in total. The van der Waals surface area contributed by atoms with Crippen molar-refractivity contribution in [3.8, 4) is 0 Å². The molecule has 0 spiro atoms. The van der Waals surface area contributed by atoms with Crippen molar-refractivity contribution >= 4 is 23.4 Å². The molecule has 0 radical (unpaired) electrons. The van der Waals surface area contributed by atoms with Gasteiger partial charge in [0.25, 0.3) is 0 Å². The minimum atomic E-state index is -4.45. The van der Waals surface area contributed by atoms with Crippen molar-refractivity contribution in [3.05, 3.63) is 16.1 Å². The van der Waals surface area contributed by atoms with Crippen LogP contribution in [0.2, 0.25) is 0 Å². The number of aliphatic imine (C=N–C) groups is 1. The van der Waals surface area contributed by atoms with Crippen molar-refractivity contribution in [1.82, 2.24) is 20.5 Å². The highest BCUT2D eigenvalue weighted by Crippen LogP contribution is 2.30. The molecule has 0 aliphatic carbocycles. The minimum Gasteiger partial charge on any atom is -0.444 e. The Hall–Kier alpha value is -2.04. The predicted octanol–water partition coefficient (Wildman–Crippen LogP) is 3.86. The van der Waals surface area contributed by atoms with Gasteiger partial charge in [-0.1, -0.05) is 0 Å². The zero-order valence-corrected chi connectivity index (χ0v) is 18.5. The molecule has 1 heterocycles. The van der Waals surface area contributed by atoms with Crippen LogP contribution in [0.15, 0.2) is 10.4 Å². The van der Waals surface area contributed by atoms with Gasteiger partial charge in [-0.25, -0.2) is 14.8 Å². The van der Waals surface area contributed by atoms with Crippen LogP contribution in [-0.2, 0) is 17.5 Å². The van der Waals surface area contributed by atoms with Gasteiger partial charge in [0.15, 0.2) is 11.7 Å². The number of nitrogens with zero attached hydrogens (tertiary/aromatic N) is 3. The smallest absolute Gasteiger partial charge is 0.434 e. The number of hydrogen-bond donors (Lipinski definition) is 2. The first kappa shape index (κ1) is 25.0. The van der Waals surface area contributed by atoms with E-state index in [4.69, 9.17) is 4.74 Å². The molecule has 0 aliphatic heterocycles. The topological polar surface area (TPSA) is 78.9 Å². The maximum absolute atomic E-state index is 12.6. The fraction of sp³-hybridized carbons (Fsp3) is 0.722. The molecule has 1 atom stereocenters. The fourth-order valence-electron chi connectivity index (χ4n) is 2.11. The number of halogens is 3.